The van der Waals surface area contributed by atoms with Gasteiger partial charge in [-0.25, -0.2) is 4.79 Å². The first-order valence-corrected chi connectivity index (χ1v) is 8.78. The molecule has 0 amide bonds. The van der Waals surface area contributed by atoms with Gasteiger partial charge in [0.2, 0.25) is 6.29 Å². The highest BCUT2D eigenvalue weighted by Crippen LogP contribution is 2.27. The predicted octanol–water partition coefficient (Wildman–Crippen LogP) is 0.222. The van der Waals surface area contributed by atoms with Gasteiger partial charge in [0.05, 0.1) is 12.2 Å². The Kier molecular flexibility index (Phi) is 6.61. The first-order valence-electron chi connectivity index (χ1n) is 8.78. The summed E-state index contributed by atoms with van der Waals surface area (Å²) < 4.78 is 16.3. The Morgan fingerprint density at radius 1 is 0.929 bits per heavy atom. The van der Waals surface area contributed by atoms with Crippen LogP contribution >= 0.6 is 0 Å². The van der Waals surface area contributed by atoms with Crippen molar-refractivity contribution in [3.63, 3.8) is 0 Å². The summed E-state index contributed by atoms with van der Waals surface area (Å²) in [4.78, 5) is 12.1. The summed E-state index contributed by atoms with van der Waals surface area (Å²) in [6, 6.07) is 14.9. The Morgan fingerprint density at radius 3 is 2.32 bits per heavy atom. The van der Waals surface area contributed by atoms with Gasteiger partial charge >= 0.3 is 5.97 Å². The highest BCUT2D eigenvalue weighted by molar-refractivity contribution is 5.89. The van der Waals surface area contributed by atoms with Gasteiger partial charge in [0, 0.05) is 5.56 Å². The lowest BCUT2D eigenvalue weighted by molar-refractivity contribution is -0.277. The fourth-order valence-corrected chi connectivity index (χ4v) is 2.84. The maximum atomic E-state index is 12.1. The zero-order valence-electron chi connectivity index (χ0n) is 14.9. The van der Waals surface area contributed by atoms with Crippen molar-refractivity contribution in [2.45, 2.75) is 37.3 Å². The first-order chi connectivity index (χ1) is 13.5. The molecule has 1 aliphatic heterocycles. The molecule has 1 aliphatic rings. The number of carbonyl (C=O) groups is 1. The van der Waals surface area contributed by atoms with Crippen LogP contribution in [0.15, 0.2) is 54.6 Å². The van der Waals surface area contributed by atoms with E-state index < -0.39 is 36.7 Å². The van der Waals surface area contributed by atoms with E-state index in [0.29, 0.717) is 11.1 Å². The highest BCUT2D eigenvalue weighted by atomic mass is 16.7. The average Bonchev–Trinajstić information content (AvgIpc) is 2.74. The van der Waals surface area contributed by atoms with Crippen LogP contribution in [-0.4, -0.2) is 63.7 Å². The van der Waals surface area contributed by atoms with E-state index in [1.54, 1.807) is 54.6 Å². The van der Waals surface area contributed by atoms with Gasteiger partial charge in [-0.3, -0.25) is 0 Å². The molecular formula is C20H22O8. The second-order valence-electron chi connectivity index (χ2n) is 6.36. The molecule has 0 radical (unpaired) electrons. The van der Waals surface area contributed by atoms with Crippen LogP contribution in [0.1, 0.15) is 15.9 Å². The van der Waals surface area contributed by atoms with Gasteiger partial charge in [-0.05, 0) is 18.2 Å². The maximum Gasteiger partial charge on any atom is 0.338 e. The number of ether oxygens (including phenoxy) is 3. The fourth-order valence-electron chi connectivity index (χ4n) is 2.84. The number of hydrogen-bond acceptors (Lipinski definition) is 8. The van der Waals surface area contributed by atoms with Crippen LogP contribution in [0.5, 0.6) is 5.75 Å². The molecule has 5 atom stereocenters. The molecule has 0 aromatic heterocycles. The Balaban J connectivity index is 1.67. The van der Waals surface area contributed by atoms with Crippen molar-refractivity contribution in [2.75, 3.05) is 6.61 Å². The lowest BCUT2D eigenvalue weighted by atomic mass is 9.99. The van der Waals surface area contributed by atoms with Gasteiger partial charge in [-0.2, -0.15) is 0 Å². The molecule has 8 nitrogen and oxygen atoms in total. The molecule has 0 aliphatic carbocycles. The summed E-state index contributed by atoms with van der Waals surface area (Å²) in [5.41, 5.74) is 0.795. The summed E-state index contributed by atoms with van der Waals surface area (Å²) >= 11 is 0. The topological polar surface area (TPSA) is 126 Å². The number of carbonyl (C=O) groups excluding carboxylic acids is 1. The van der Waals surface area contributed by atoms with E-state index in [4.69, 9.17) is 14.2 Å². The van der Waals surface area contributed by atoms with E-state index in [1.165, 1.54) is 0 Å². The molecule has 0 spiro atoms. The summed E-state index contributed by atoms with van der Waals surface area (Å²) in [5.74, 6) is -0.349. The number of esters is 1. The molecule has 1 saturated heterocycles. The zero-order chi connectivity index (χ0) is 20.1. The van der Waals surface area contributed by atoms with E-state index in [1.807, 2.05) is 0 Å². The Labute approximate surface area is 161 Å². The number of para-hydroxylation sites is 1. The van der Waals surface area contributed by atoms with Crippen molar-refractivity contribution in [1.82, 2.24) is 0 Å². The lowest BCUT2D eigenvalue weighted by Gasteiger charge is -2.40. The van der Waals surface area contributed by atoms with Crippen LogP contribution in [0.3, 0.4) is 0 Å². The quantitative estimate of drug-likeness (QED) is 0.516. The van der Waals surface area contributed by atoms with Crippen LogP contribution in [0.25, 0.3) is 0 Å². The van der Waals surface area contributed by atoms with Crippen LogP contribution in [0.4, 0.5) is 0 Å². The normalized spacial score (nSPS) is 27.2. The molecular weight excluding hydrogens is 368 g/mol. The van der Waals surface area contributed by atoms with E-state index in [9.17, 15) is 25.2 Å². The maximum absolute atomic E-state index is 12.1. The number of hydrogen-bond donors (Lipinski definition) is 4. The Bertz CT molecular complexity index is 781. The van der Waals surface area contributed by atoms with Gasteiger partial charge in [-0.1, -0.05) is 36.4 Å². The largest absolute Gasteiger partial charge is 0.462 e. The van der Waals surface area contributed by atoms with E-state index in [2.05, 4.69) is 0 Å². The fraction of sp³-hybridized carbons (Fsp3) is 0.350. The average molecular weight is 390 g/mol. The Morgan fingerprint density at radius 2 is 1.61 bits per heavy atom. The molecule has 4 N–H and O–H groups in total. The molecule has 0 unspecified atom stereocenters. The monoisotopic (exact) mass is 390 g/mol. The van der Waals surface area contributed by atoms with Crippen LogP contribution in [-0.2, 0) is 16.1 Å². The molecule has 1 fully saturated rings. The molecule has 28 heavy (non-hydrogen) atoms. The van der Waals surface area contributed by atoms with E-state index in [-0.39, 0.29) is 19.0 Å². The van der Waals surface area contributed by atoms with Crippen LogP contribution in [0.2, 0.25) is 0 Å². The summed E-state index contributed by atoms with van der Waals surface area (Å²) in [7, 11) is 0. The minimum Gasteiger partial charge on any atom is -0.462 e. The van der Waals surface area contributed by atoms with Crippen molar-refractivity contribution in [3.8, 4) is 5.75 Å². The SMILES string of the molecule is O=C(OC[C@H]1O[C@@H](Oc2ccccc2CO)[C@@H](O)[C@@H](O)[C@@H]1O)c1ccccc1. The molecule has 0 saturated carbocycles. The smallest absolute Gasteiger partial charge is 0.338 e. The highest BCUT2D eigenvalue weighted by Gasteiger charge is 2.45. The number of aliphatic hydroxyl groups is 4. The van der Waals surface area contributed by atoms with Crippen LogP contribution < -0.4 is 4.74 Å². The van der Waals surface area contributed by atoms with Crippen molar-refractivity contribution < 1.29 is 39.4 Å². The zero-order valence-corrected chi connectivity index (χ0v) is 14.9. The molecule has 150 valence electrons. The molecule has 3 rings (SSSR count). The van der Waals surface area contributed by atoms with Gasteiger partial charge in [0.15, 0.2) is 0 Å². The second kappa shape index (κ2) is 9.13. The summed E-state index contributed by atoms with van der Waals surface area (Å²) in [6.45, 7) is -0.636. The predicted molar refractivity (Wildman–Crippen MR) is 96.4 cm³/mol. The third-order valence-corrected chi connectivity index (χ3v) is 4.44. The van der Waals surface area contributed by atoms with Crippen LogP contribution in [0, 0.1) is 0 Å². The molecule has 1 heterocycles. The number of aliphatic hydroxyl groups excluding tert-OH is 4. The standard InChI is InChI=1S/C20H22O8/c21-10-13-8-4-5-9-14(13)27-20-18(24)17(23)16(22)15(28-20)11-26-19(25)12-6-2-1-3-7-12/h1-9,15-18,20-24H,10-11H2/t15-,16-,17+,18+,20-/m1/s1. The third kappa shape index (κ3) is 4.49. The first kappa shape index (κ1) is 20.2. The minimum atomic E-state index is -1.57. The lowest BCUT2D eigenvalue weighted by Crippen LogP contribution is -2.60. The number of rotatable bonds is 6. The van der Waals surface area contributed by atoms with Gasteiger partial charge in [-0.15, -0.1) is 0 Å². The van der Waals surface area contributed by atoms with E-state index in [0.717, 1.165) is 0 Å². The molecule has 2 aromatic rings. The Hall–Kier alpha value is -2.49. The van der Waals surface area contributed by atoms with Crippen molar-refractivity contribution >= 4 is 5.97 Å². The van der Waals surface area contributed by atoms with Gasteiger partial charge < -0.3 is 34.6 Å². The van der Waals surface area contributed by atoms with Crippen molar-refractivity contribution in [2.24, 2.45) is 0 Å². The minimum absolute atomic E-state index is 0.262. The summed E-state index contributed by atoms with van der Waals surface area (Å²) in [6.07, 6.45) is -7.03. The van der Waals surface area contributed by atoms with E-state index >= 15 is 0 Å². The van der Waals surface area contributed by atoms with Crippen molar-refractivity contribution in [3.05, 3.63) is 65.7 Å². The molecule has 2 aromatic carbocycles. The second-order valence-corrected chi connectivity index (χ2v) is 6.36. The van der Waals surface area contributed by atoms with Gasteiger partial charge in [0.25, 0.3) is 0 Å². The molecule has 0 bridgehead atoms. The van der Waals surface area contributed by atoms with Gasteiger partial charge in [0.1, 0.15) is 36.8 Å². The van der Waals surface area contributed by atoms with Crippen molar-refractivity contribution in [1.29, 1.82) is 0 Å². The molecule has 8 heteroatoms. The number of benzene rings is 2. The summed E-state index contributed by atoms with van der Waals surface area (Å²) in [5, 5.41) is 39.8. The third-order valence-electron chi connectivity index (χ3n) is 4.44.